The number of halogens is 1. The van der Waals surface area contributed by atoms with E-state index in [2.05, 4.69) is 10.6 Å². The third kappa shape index (κ3) is 4.31. The van der Waals surface area contributed by atoms with E-state index in [0.29, 0.717) is 12.6 Å². The first-order valence-corrected chi connectivity index (χ1v) is 6.93. The highest BCUT2D eigenvalue weighted by atomic mass is 19.1. The van der Waals surface area contributed by atoms with E-state index >= 15 is 0 Å². The molecule has 1 fully saturated rings. The molecule has 0 heterocycles. The third-order valence-corrected chi connectivity index (χ3v) is 3.63. The number of amides is 1. The number of nitrogens with one attached hydrogen (secondary N) is 2. The molecule has 1 aromatic carbocycles. The summed E-state index contributed by atoms with van der Waals surface area (Å²) in [5.74, 6) is -0.314. The lowest BCUT2D eigenvalue weighted by molar-refractivity contribution is -0.121. The van der Waals surface area contributed by atoms with Crippen LogP contribution in [0.15, 0.2) is 24.3 Å². The Morgan fingerprint density at radius 2 is 2.16 bits per heavy atom. The van der Waals surface area contributed by atoms with Gasteiger partial charge in [-0.15, -0.1) is 0 Å². The van der Waals surface area contributed by atoms with Crippen molar-refractivity contribution < 1.29 is 9.18 Å². The predicted molar refractivity (Wildman–Crippen MR) is 73.2 cm³/mol. The van der Waals surface area contributed by atoms with Crippen molar-refractivity contribution in [2.24, 2.45) is 0 Å². The van der Waals surface area contributed by atoms with Crippen molar-refractivity contribution in [1.82, 2.24) is 10.6 Å². The molecule has 0 radical (unpaired) electrons. The van der Waals surface area contributed by atoms with Crippen molar-refractivity contribution in [2.75, 3.05) is 6.54 Å². The molecule has 1 aliphatic carbocycles. The second kappa shape index (κ2) is 6.66. The van der Waals surface area contributed by atoms with Gasteiger partial charge in [-0.3, -0.25) is 4.79 Å². The highest BCUT2D eigenvalue weighted by Crippen LogP contribution is 2.17. The molecule has 4 heteroatoms. The maximum Gasteiger partial charge on any atom is 0.234 e. The van der Waals surface area contributed by atoms with Gasteiger partial charge in [0, 0.05) is 6.04 Å². The zero-order chi connectivity index (χ0) is 13.7. The summed E-state index contributed by atoms with van der Waals surface area (Å²) in [6.45, 7) is 2.20. The standard InChI is InChI=1S/C15H21FN2O/c1-11(12-5-4-6-13(16)9-12)18-15(19)10-17-14-7-2-3-8-14/h4-6,9,11,14,17H,2-3,7-8,10H2,1H3,(H,18,19). The topological polar surface area (TPSA) is 41.1 Å². The fourth-order valence-corrected chi connectivity index (χ4v) is 2.52. The number of hydrogen-bond acceptors (Lipinski definition) is 2. The molecule has 104 valence electrons. The van der Waals surface area contributed by atoms with Crippen LogP contribution in [0.3, 0.4) is 0 Å². The molecule has 0 spiro atoms. The summed E-state index contributed by atoms with van der Waals surface area (Å²) in [5.41, 5.74) is 0.786. The average molecular weight is 264 g/mol. The number of benzene rings is 1. The van der Waals surface area contributed by atoms with E-state index in [1.807, 2.05) is 13.0 Å². The van der Waals surface area contributed by atoms with Gasteiger partial charge in [-0.25, -0.2) is 4.39 Å². The highest BCUT2D eigenvalue weighted by Gasteiger charge is 2.16. The summed E-state index contributed by atoms with van der Waals surface area (Å²) in [6, 6.07) is 6.64. The van der Waals surface area contributed by atoms with E-state index in [4.69, 9.17) is 0 Å². The smallest absolute Gasteiger partial charge is 0.234 e. The van der Waals surface area contributed by atoms with E-state index in [0.717, 1.165) is 18.4 Å². The Kier molecular flexibility index (Phi) is 4.91. The molecule has 1 aromatic rings. The molecule has 0 aliphatic heterocycles. The molecule has 0 aromatic heterocycles. The lowest BCUT2D eigenvalue weighted by Gasteiger charge is -2.16. The lowest BCUT2D eigenvalue weighted by Crippen LogP contribution is -2.39. The van der Waals surface area contributed by atoms with Gasteiger partial charge in [0.25, 0.3) is 0 Å². The van der Waals surface area contributed by atoms with E-state index in [1.165, 1.54) is 25.0 Å². The summed E-state index contributed by atoms with van der Waals surface area (Å²) < 4.78 is 13.1. The van der Waals surface area contributed by atoms with Crippen molar-refractivity contribution in [3.05, 3.63) is 35.6 Å². The number of rotatable bonds is 5. The average Bonchev–Trinajstić information content (AvgIpc) is 2.89. The van der Waals surface area contributed by atoms with Gasteiger partial charge >= 0.3 is 0 Å². The van der Waals surface area contributed by atoms with Gasteiger partial charge in [0.1, 0.15) is 5.82 Å². The molecule has 1 aliphatic rings. The van der Waals surface area contributed by atoms with Crippen molar-refractivity contribution in [3.8, 4) is 0 Å². The summed E-state index contributed by atoms with van der Waals surface area (Å²) in [5, 5.41) is 6.14. The monoisotopic (exact) mass is 264 g/mol. The maximum absolute atomic E-state index is 13.1. The van der Waals surface area contributed by atoms with Crippen LogP contribution in [0.5, 0.6) is 0 Å². The van der Waals surface area contributed by atoms with E-state index in [9.17, 15) is 9.18 Å². The molecule has 1 saturated carbocycles. The zero-order valence-corrected chi connectivity index (χ0v) is 11.3. The third-order valence-electron chi connectivity index (χ3n) is 3.63. The first-order chi connectivity index (χ1) is 9.15. The quantitative estimate of drug-likeness (QED) is 0.858. The second-order valence-corrected chi connectivity index (χ2v) is 5.21. The molecule has 1 unspecified atom stereocenters. The minimum atomic E-state index is -0.275. The van der Waals surface area contributed by atoms with Crippen LogP contribution in [0.25, 0.3) is 0 Å². The van der Waals surface area contributed by atoms with Gasteiger partial charge < -0.3 is 10.6 Å². The van der Waals surface area contributed by atoms with E-state index in [1.54, 1.807) is 6.07 Å². The largest absolute Gasteiger partial charge is 0.348 e. The Bertz CT molecular complexity index is 430. The van der Waals surface area contributed by atoms with Crippen LogP contribution < -0.4 is 10.6 Å². The lowest BCUT2D eigenvalue weighted by atomic mass is 10.1. The van der Waals surface area contributed by atoms with Gasteiger partial charge in [-0.2, -0.15) is 0 Å². The number of hydrogen-bond donors (Lipinski definition) is 2. The van der Waals surface area contributed by atoms with E-state index in [-0.39, 0.29) is 17.8 Å². The van der Waals surface area contributed by atoms with Crippen molar-refractivity contribution >= 4 is 5.91 Å². The first-order valence-electron chi connectivity index (χ1n) is 6.93. The minimum Gasteiger partial charge on any atom is -0.348 e. The van der Waals surface area contributed by atoms with Crippen molar-refractivity contribution in [3.63, 3.8) is 0 Å². The Balaban J connectivity index is 1.77. The van der Waals surface area contributed by atoms with Crippen LogP contribution in [-0.2, 0) is 4.79 Å². The Morgan fingerprint density at radius 1 is 1.42 bits per heavy atom. The molecular formula is C15H21FN2O. The summed E-state index contributed by atoms with van der Waals surface area (Å²) in [7, 11) is 0. The molecule has 2 N–H and O–H groups in total. The Labute approximate surface area is 113 Å². The molecule has 0 saturated heterocycles. The van der Waals surface area contributed by atoms with Crippen LogP contribution in [-0.4, -0.2) is 18.5 Å². The van der Waals surface area contributed by atoms with Crippen LogP contribution in [0.1, 0.15) is 44.2 Å². The summed E-state index contributed by atoms with van der Waals surface area (Å²) in [4.78, 5) is 11.8. The molecule has 0 bridgehead atoms. The van der Waals surface area contributed by atoms with Gasteiger partial charge in [-0.1, -0.05) is 25.0 Å². The number of carbonyl (C=O) groups excluding carboxylic acids is 1. The number of carbonyl (C=O) groups is 1. The first kappa shape index (κ1) is 14.0. The van der Waals surface area contributed by atoms with Crippen LogP contribution in [0.2, 0.25) is 0 Å². The van der Waals surface area contributed by atoms with Crippen LogP contribution >= 0.6 is 0 Å². The maximum atomic E-state index is 13.1. The molecule has 3 nitrogen and oxygen atoms in total. The molecule has 2 rings (SSSR count). The summed E-state index contributed by atoms with van der Waals surface area (Å²) in [6.07, 6.45) is 4.82. The SMILES string of the molecule is CC(NC(=O)CNC1CCCC1)c1cccc(F)c1. The van der Waals surface area contributed by atoms with Crippen LogP contribution in [0, 0.1) is 5.82 Å². The zero-order valence-electron chi connectivity index (χ0n) is 11.3. The van der Waals surface area contributed by atoms with Gasteiger partial charge in [-0.05, 0) is 37.5 Å². The van der Waals surface area contributed by atoms with Gasteiger partial charge in [0.15, 0.2) is 0 Å². The highest BCUT2D eigenvalue weighted by molar-refractivity contribution is 5.78. The molecular weight excluding hydrogens is 243 g/mol. The predicted octanol–water partition coefficient (Wildman–Crippen LogP) is 2.54. The summed E-state index contributed by atoms with van der Waals surface area (Å²) >= 11 is 0. The van der Waals surface area contributed by atoms with Crippen molar-refractivity contribution in [2.45, 2.75) is 44.7 Å². The van der Waals surface area contributed by atoms with Crippen molar-refractivity contribution in [1.29, 1.82) is 0 Å². The van der Waals surface area contributed by atoms with Gasteiger partial charge in [0.05, 0.1) is 12.6 Å². The Morgan fingerprint density at radius 3 is 2.84 bits per heavy atom. The van der Waals surface area contributed by atoms with Gasteiger partial charge in [0.2, 0.25) is 5.91 Å². The fourth-order valence-electron chi connectivity index (χ4n) is 2.52. The minimum absolute atomic E-state index is 0.0383. The fraction of sp³-hybridized carbons (Fsp3) is 0.533. The molecule has 1 atom stereocenters. The van der Waals surface area contributed by atoms with Crippen LogP contribution in [0.4, 0.5) is 4.39 Å². The second-order valence-electron chi connectivity index (χ2n) is 5.21. The molecule has 1 amide bonds. The molecule has 19 heavy (non-hydrogen) atoms. The normalized spacial score (nSPS) is 17.4. The van der Waals surface area contributed by atoms with E-state index < -0.39 is 0 Å². The Hall–Kier alpha value is -1.42.